The van der Waals surface area contributed by atoms with Gasteiger partial charge in [0.15, 0.2) is 0 Å². The Morgan fingerprint density at radius 2 is 2.00 bits per heavy atom. The maximum absolute atomic E-state index is 12.0. The standard InChI is InChI=1S/C16H24N6O/c1-16(2,3)14-4-5-15(23)22(18-14)12-13-10-20(11-13)8-9-21-7-6-17-19-21/h4-7,13H,8-12H2,1-3H3. The van der Waals surface area contributed by atoms with Crippen molar-refractivity contribution in [2.24, 2.45) is 5.92 Å². The largest absolute Gasteiger partial charge is 0.301 e. The second kappa shape index (κ2) is 6.23. The molecule has 0 unspecified atom stereocenters. The van der Waals surface area contributed by atoms with Crippen LogP contribution in [0.3, 0.4) is 0 Å². The fourth-order valence-electron chi connectivity index (χ4n) is 2.80. The zero-order chi connectivity index (χ0) is 16.4. The molecule has 7 heteroatoms. The van der Waals surface area contributed by atoms with Crippen LogP contribution in [0.4, 0.5) is 0 Å². The van der Waals surface area contributed by atoms with Gasteiger partial charge in [-0.2, -0.15) is 5.10 Å². The van der Waals surface area contributed by atoms with Crippen LogP contribution in [0.1, 0.15) is 26.5 Å². The van der Waals surface area contributed by atoms with E-state index < -0.39 is 0 Å². The van der Waals surface area contributed by atoms with Gasteiger partial charge in [-0.3, -0.25) is 9.48 Å². The van der Waals surface area contributed by atoms with E-state index in [1.54, 1.807) is 16.9 Å². The molecule has 0 aliphatic carbocycles. The van der Waals surface area contributed by atoms with Gasteiger partial charge in [0.05, 0.1) is 25.0 Å². The minimum Gasteiger partial charge on any atom is -0.301 e. The molecule has 3 rings (SSSR count). The lowest BCUT2D eigenvalue weighted by molar-refractivity contribution is 0.0789. The molecule has 0 amide bonds. The molecule has 23 heavy (non-hydrogen) atoms. The predicted octanol–water partition coefficient (Wildman–Crippen LogP) is 0.764. The van der Waals surface area contributed by atoms with Gasteiger partial charge in [-0.05, 0) is 6.07 Å². The predicted molar refractivity (Wildman–Crippen MR) is 87.1 cm³/mol. The molecule has 0 N–H and O–H groups in total. The normalized spacial score (nSPS) is 16.5. The topological polar surface area (TPSA) is 68.8 Å². The minimum atomic E-state index is -0.0428. The summed E-state index contributed by atoms with van der Waals surface area (Å²) in [6.45, 7) is 10.8. The lowest BCUT2D eigenvalue weighted by Gasteiger charge is -2.39. The summed E-state index contributed by atoms with van der Waals surface area (Å²) < 4.78 is 3.46. The monoisotopic (exact) mass is 316 g/mol. The molecule has 0 spiro atoms. The Morgan fingerprint density at radius 1 is 1.22 bits per heavy atom. The van der Waals surface area contributed by atoms with Gasteiger partial charge in [0.25, 0.3) is 5.56 Å². The summed E-state index contributed by atoms with van der Waals surface area (Å²) in [5.41, 5.74) is 0.900. The van der Waals surface area contributed by atoms with Crippen LogP contribution in [0.5, 0.6) is 0 Å². The van der Waals surface area contributed by atoms with E-state index in [1.165, 1.54) is 0 Å². The zero-order valence-corrected chi connectivity index (χ0v) is 14.0. The first-order chi connectivity index (χ1) is 10.9. The summed E-state index contributed by atoms with van der Waals surface area (Å²) in [5.74, 6) is 0.492. The van der Waals surface area contributed by atoms with Crippen molar-refractivity contribution in [3.63, 3.8) is 0 Å². The molecule has 2 aromatic rings. The summed E-state index contributed by atoms with van der Waals surface area (Å²) in [4.78, 5) is 14.4. The molecule has 1 saturated heterocycles. The molecule has 0 radical (unpaired) electrons. The fraction of sp³-hybridized carbons (Fsp3) is 0.625. The summed E-state index contributed by atoms with van der Waals surface area (Å²) in [6, 6.07) is 3.47. The third-order valence-corrected chi connectivity index (χ3v) is 4.22. The van der Waals surface area contributed by atoms with Crippen molar-refractivity contribution < 1.29 is 0 Å². The van der Waals surface area contributed by atoms with Crippen molar-refractivity contribution in [2.45, 2.75) is 39.3 Å². The third-order valence-electron chi connectivity index (χ3n) is 4.22. The molecule has 0 atom stereocenters. The Morgan fingerprint density at radius 3 is 2.65 bits per heavy atom. The van der Waals surface area contributed by atoms with Crippen molar-refractivity contribution >= 4 is 0 Å². The van der Waals surface area contributed by atoms with E-state index in [0.29, 0.717) is 12.5 Å². The highest BCUT2D eigenvalue weighted by atomic mass is 16.1. The molecule has 124 valence electrons. The summed E-state index contributed by atoms with van der Waals surface area (Å²) in [5, 5.41) is 12.3. The Bertz CT molecular complexity index is 694. The summed E-state index contributed by atoms with van der Waals surface area (Å²) >= 11 is 0. The van der Waals surface area contributed by atoms with Gasteiger partial charge in [0, 0.05) is 43.2 Å². The lowest BCUT2D eigenvalue weighted by atomic mass is 9.92. The van der Waals surface area contributed by atoms with E-state index in [4.69, 9.17) is 0 Å². The number of rotatable bonds is 5. The molecule has 7 nitrogen and oxygen atoms in total. The average molecular weight is 316 g/mol. The first-order valence-electron chi connectivity index (χ1n) is 8.07. The highest BCUT2D eigenvalue weighted by Crippen LogP contribution is 2.19. The second-order valence-electron chi connectivity index (χ2n) is 7.28. The van der Waals surface area contributed by atoms with Crippen LogP contribution in [0.2, 0.25) is 0 Å². The molecule has 1 fully saturated rings. The lowest BCUT2D eigenvalue weighted by Crippen LogP contribution is -2.50. The van der Waals surface area contributed by atoms with Gasteiger partial charge in [0.2, 0.25) is 0 Å². The highest BCUT2D eigenvalue weighted by Gasteiger charge is 2.27. The molecule has 0 saturated carbocycles. The highest BCUT2D eigenvalue weighted by molar-refractivity contribution is 5.10. The van der Waals surface area contributed by atoms with Gasteiger partial charge in [-0.1, -0.05) is 26.0 Å². The van der Waals surface area contributed by atoms with E-state index in [2.05, 4.69) is 41.1 Å². The van der Waals surface area contributed by atoms with Crippen LogP contribution >= 0.6 is 0 Å². The Labute approximate surface area is 135 Å². The minimum absolute atomic E-state index is 0.0148. The number of nitrogens with zero attached hydrogens (tertiary/aromatic N) is 6. The van der Waals surface area contributed by atoms with E-state index >= 15 is 0 Å². The molecule has 0 bridgehead atoms. The van der Waals surface area contributed by atoms with Crippen molar-refractivity contribution in [3.8, 4) is 0 Å². The van der Waals surface area contributed by atoms with Crippen LogP contribution in [0.25, 0.3) is 0 Å². The quantitative estimate of drug-likeness (QED) is 0.815. The third kappa shape index (κ3) is 3.85. The van der Waals surface area contributed by atoms with Crippen LogP contribution < -0.4 is 5.56 Å². The molecular weight excluding hydrogens is 292 g/mol. The van der Waals surface area contributed by atoms with Gasteiger partial charge in [-0.25, -0.2) is 4.68 Å². The van der Waals surface area contributed by atoms with Crippen LogP contribution in [0.15, 0.2) is 29.3 Å². The van der Waals surface area contributed by atoms with E-state index in [9.17, 15) is 4.79 Å². The number of aromatic nitrogens is 5. The maximum atomic E-state index is 12.0. The first-order valence-corrected chi connectivity index (χ1v) is 8.07. The van der Waals surface area contributed by atoms with Crippen molar-refractivity contribution in [1.82, 2.24) is 29.7 Å². The average Bonchev–Trinajstić information content (AvgIpc) is 2.95. The first kappa shape index (κ1) is 15.9. The van der Waals surface area contributed by atoms with Crippen molar-refractivity contribution in [3.05, 3.63) is 40.6 Å². The van der Waals surface area contributed by atoms with Gasteiger partial charge in [0.1, 0.15) is 0 Å². The number of hydrogen-bond acceptors (Lipinski definition) is 5. The van der Waals surface area contributed by atoms with Gasteiger partial charge >= 0.3 is 0 Å². The fourth-order valence-corrected chi connectivity index (χ4v) is 2.80. The van der Waals surface area contributed by atoms with E-state index in [-0.39, 0.29) is 11.0 Å². The smallest absolute Gasteiger partial charge is 0.266 e. The van der Waals surface area contributed by atoms with Crippen molar-refractivity contribution in [1.29, 1.82) is 0 Å². The van der Waals surface area contributed by atoms with Crippen LogP contribution in [-0.2, 0) is 18.5 Å². The molecule has 1 aliphatic heterocycles. The van der Waals surface area contributed by atoms with E-state index in [0.717, 1.165) is 31.9 Å². The molecule has 1 aliphatic rings. The summed E-state index contributed by atoms with van der Waals surface area (Å²) in [6.07, 6.45) is 3.57. The molecule has 2 aromatic heterocycles. The molecule has 0 aromatic carbocycles. The van der Waals surface area contributed by atoms with Gasteiger partial charge in [-0.15, -0.1) is 5.10 Å². The number of hydrogen-bond donors (Lipinski definition) is 0. The summed E-state index contributed by atoms with van der Waals surface area (Å²) in [7, 11) is 0. The SMILES string of the molecule is CC(C)(C)c1ccc(=O)n(CC2CN(CCn3ccnn3)C2)n1. The van der Waals surface area contributed by atoms with Crippen molar-refractivity contribution in [2.75, 3.05) is 19.6 Å². The molecule has 3 heterocycles. The Kier molecular flexibility index (Phi) is 4.30. The second-order valence-corrected chi connectivity index (χ2v) is 7.28. The van der Waals surface area contributed by atoms with Crippen LogP contribution in [-0.4, -0.2) is 49.3 Å². The van der Waals surface area contributed by atoms with Crippen LogP contribution in [0, 0.1) is 5.92 Å². The number of likely N-dealkylation sites (tertiary alicyclic amines) is 1. The molecular formula is C16H24N6O. The Balaban J connectivity index is 1.52. The van der Waals surface area contributed by atoms with E-state index in [1.807, 2.05) is 16.9 Å². The van der Waals surface area contributed by atoms with Gasteiger partial charge < -0.3 is 4.90 Å². The maximum Gasteiger partial charge on any atom is 0.266 e. The zero-order valence-electron chi connectivity index (χ0n) is 14.0. The Hall–Kier alpha value is -2.02.